The lowest BCUT2D eigenvalue weighted by atomic mass is 10.1. The summed E-state index contributed by atoms with van der Waals surface area (Å²) < 4.78 is 13.6. The van der Waals surface area contributed by atoms with Crippen LogP contribution in [-0.2, 0) is 0 Å². The first-order valence-electron chi connectivity index (χ1n) is 5.72. The molecule has 0 aliphatic carbocycles. The van der Waals surface area contributed by atoms with Crippen molar-refractivity contribution in [3.05, 3.63) is 35.6 Å². The number of hydrogen-bond acceptors (Lipinski definition) is 2. The maximum Gasteiger partial charge on any atom is 0.128 e. The lowest BCUT2D eigenvalue weighted by Crippen LogP contribution is -2.20. The maximum absolute atomic E-state index is 13.6. The van der Waals surface area contributed by atoms with E-state index in [-0.39, 0.29) is 11.9 Å². The minimum atomic E-state index is -0.119. The van der Waals surface area contributed by atoms with Crippen LogP contribution in [0.1, 0.15) is 31.9 Å². The molecule has 1 N–H and O–H groups in total. The van der Waals surface area contributed by atoms with E-state index in [1.807, 2.05) is 30.9 Å². The van der Waals surface area contributed by atoms with Gasteiger partial charge in [0.05, 0.1) is 0 Å². The average molecular weight is 241 g/mol. The molecule has 0 saturated carbocycles. The molecule has 0 radical (unpaired) electrons. The van der Waals surface area contributed by atoms with Crippen molar-refractivity contribution in [1.82, 2.24) is 5.32 Å². The van der Waals surface area contributed by atoms with E-state index >= 15 is 0 Å². The molecule has 2 unspecified atom stereocenters. The van der Waals surface area contributed by atoms with E-state index in [1.165, 1.54) is 6.07 Å². The number of rotatable bonds is 6. The molecule has 0 aliphatic rings. The zero-order valence-corrected chi connectivity index (χ0v) is 11.0. The Balaban J connectivity index is 2.64. The molecular formula is C13H20FNS. The quantitative estimate of drug-likeness (QED) is 0.816. The fourth-order valence-electron chi connectivity index (χ4n) is 1.46. The van der Waals surface area contributed by atoms with Gasteiger partial charge >= 0.3 is 0 Å². The molecule has 1 aromatic rings. The second kappa shape index (κ2) is 6.92. The Morgan fingerprint density at radius 1 is 1.38 bits per heavy atom. The zero-order valence-electron chi connectivity index (χ0n) is 10.2. The zero-order chi connectivity index (χ0) is 12.0. The van der Waals surface area contributed by atoms with E-state index in [9.17, 15) is 4.39 Å². The van der Waals surface area contributed by atoms with Crippen molar-refractivity contribution in [2.45, 2.75) is 31.6 Å². The topological polar surface area (TPSA) is 12.0 Å². The third kappa shape index (κ3) is 3.80. The number of benzene rings is 1. The van der Waals surface area contributed by atoms with Gasteiger partial charge in [0.1, 0.15) is 5.82 Å². The van der Waals surface area contributed by atoms with Crippen molar-refractivity contribution in [1.29, 1.82) is 0 Å². The van der Waals surface area contributed by atoms with Gasteiger partial charge in [-0.1, -0.05) is 32.0 Å². The Bertz CT molecular complexity index is 317. The third-order valence-electron chi connectivity index (χ3n) is 2.75. The molecule has 3 heteroatoms. The third-order valence-corrected chi connectivity index (χ3v) is 4.18. The highest BCUT2D eigenvalue weighted by Gasteiger charge is 2.14. The smallest absolute Gasteiger partial charge is 0.128 e. The van der Waals surface area contributed by atoms with Crippen molar-refractivity contribution in [2.75, 3.05) is 12.8 Å². The van der Waals surface area contributed by atoms with Gasteiger partial charge in [0.15, 0.2) is 0 Å². The summed E-state index contributed by atoms with van der Waals surface area (Å²) in [5, 5.41) is 3.81. The summed E-state index contributed by atoms with van der Waals surface area (Å²) in [7, 11) is 1.88. The molecule has 2 atom stereocenters. The van der Waals surface area contributed by atoms with Crippen LogP contribution in [0.3, 0.4) is 0 Å². The molecular weight excluding hydrogens is 221 g/mol. The normalized spacial score (nSPS) is 14.8. The summed E-state index contributed by atoms with van der Waals surface area (Å²) in [5.74, 6) is 0.790. The first-order valence-corrected chi connectivity index (χ1v) is 6.77. The fourth-order valence-corrected chi connectivity index (χ4v) is 2.57. The highest BCUT2D eigenvalue weighted by atomic mass is 32.2. The predicted molar refractivity (Wildman–Crippen MR) is 70.4 cm³/mol. The van der Waals surface area contributed by atoms with Crippen LogP contribution in [0, 0.1) is 5.82 Å². The Labute approximate surface area is 102 Å². The van der Waals surface area contributed by atoms with Gasteiger partial charge in [0, 0.05) is 22.6 Å². The number of hydrogen-bond donors (Lipinski definition) is 1. The molecule has 90 valence electrons. The van der Waals surface area contributed by atoms with Crippen LogP contribution in [-0.4, -0.2) is 18.1 Å². The van der Waals surface area contributed by atoms with Gasteiger partial charge in [-0.15, -0.1) is 0 Å². The highest BCUT2D eigenvalue weighted by Crippen LogP contribution is 2.24. The van der Waals surface area contributed by atoms with Crippen LogP contribution in [0.2, 0.25) is 0 Å². The Morgan fingerprint density at radius 3 is 2.62 bits per heavy atom. The van der Waals surface area contributed by atoms with Crippen molar-refractivity contribution < 1.29 is 4.39 Å². The van der Waals surface area contributed by atoms with Crippen LogP contribution in [0.4, 0.5) is 4.39 Å². The van der Waals surface area contributed by atoms with Crippen LogP contribution in [0.25, 0.3) is 0 Å². The molecule has 1 nitrogen and oxygen atoms in total. The monoisotopic (exact) mass is 241 g/mol. The van der Waals surface area contributed by atoms with Crippen LogP contribution >= 0.6 is 11.8 Å². The average Bonchev–Trinajstić information content (AvgIpc) is 2.31. The largest absolute Gasteiger partial charge is 0.312 e. The van der Waals surface area contributed by atoms with E-state index in [0.29, 0.717) is 5.25 Å². The van der Waals surface area contributed by atoms with Gasteiger partial charge in [-0.3, -0.25) is 0 Å². The second-order valence-corrected chi connectivity index (χ2v) is 5.39. The molecule has 0 spiro atoms. The van der Waals surface area contributed by atoms with E-state index < -0.39 is 0 Å². The van der Waals surface area contributed by atoms with Crippen molar-refractivity contribution in [3.63, 3.8) is 0 Å². The molecule has 1 rings (SSSR count). The molecule has 16 heavy (non-hydrogen) atoms. The molecule has 0 heterocycles. The second-order valence-electron chi connectivity index (χ2n) is 3.91. The standard InChI is InChI=1S/C13H20FNS/c1-4-10(2)16-9-13(15-3)11-7-5-6-8-12(11)14/h5-8,10,13,15H,4,9H2,1-3H3. The van der Waals surface area contributed by atoms with Gasteiger partial charge in [0.2, 0.25) is 0 Å². The molecule has 0 bridgehead atoms. The first-order chi connectivity index (χ1) is 7.69. The number of nitrogens with one attached hydrogen (secondary N) is 1. The molecule has 0 saturated heterocycles. The van der Waals surface area contributed by atoms with Gasteiger partial charge < -0.3 is 5.32 Å². The SMILES string of the molecule is CCC(C)SCC(NC)c1ccccc1F. The number of halogens is 1. The lowest BCUT2D eigenvalue weighted by molar-refractivity contribution is 0.565. The lowest BCUT2D eigenvalue weighted by Gasteiger charge is -2.18. The molecule has 0 aromatic heterocycles. The highest BCUT2D eigenvalue weighted by molar-refractivity contribution is 7.99. The van der Waals surface area contributed by atoms with Crippen LogP contribution in [0.15, 0.2) is 24.3 Å². The molecule has 1 aromatic carbocycles. The van der Waals surface area contributed by atoms with E-state index in [1.54, 1.807) is 6.07 Å². The first kappa shape index (κ1) is 13.5. The minimum absolute atomic E-state index is 0.0974. The van der Waals surface area contributed by atoms with Crippen LogP contribution < -0.4 is 5.32 Å². The summed E-state index contributed by atoms with van der Waals surface area (Å²) in [6.45, 7) is 4.38. The van der Waals surface area contributed by atoms with Crippen LogP contribution in [0.5, 0.6) is 0 Å². The fraction of sp³-hybridized carbons (Fsp3) is 0.538. The van der Waals surface area contributed by atoms with Crippen molar-refractivity contribution >= 4 is 11.8 Å². The van der Waals surface area contributed by atoms with E-state index in [4.69, 9.17) is 0 Å². The Kier molecular flexibility index (Phi) is 5.85. The van der Waals surface area contributed by atoms with Gasteiger partial charge in [0.25, 0.3) is 0 Å². The van der Waals surface area contributed by atoms with Crippen molar-refractivity contribution in [3.8, 4) is 0 Å². The Hall–Kier alpha value is -0.540. The Morgan fingerprint density at radius 2 is 2.06 bits per heavy atom. The van der Waals surface area contributed by atoms with Gasteiger partial charge in [-0.05, 0) is 19.5 Å². The van der Waals surface area contributed by atoms with Gasteiger partial charge in [-0.25, -0.2) is 4.39 Å². The summed E-state index contributed by atoms with van der Waals surface area (Å²) in [6.07, 6.45) is 1.15. The predicted octanol–water partition coefficient (Wildman–Crippen LogP) is 3.62. The summed E-state index contributed by atoms with van der Waals surface area (Å²) in [4.78, 5) is 0. The van der Waals surface area contributed by atoms with E-state index in [0.717, 1.165) is 17.7 Å². The number of thioether (sulfide) groups is 1. The summed E-state index contributed by atoms with van der Waals surface area (Å²) in [5.41, 5.74) is 0.765. The summed E-state index contributed by atoms with van der Waals surface area (Å²) in [6, 6.07) is 7.09. The minimum Gasteiger partial charge on any atom is -0.312 e. The van der Waals surface area contributed by atoms with Crippen molar-refractivity contribution in [2.24, 2.45) is 0 Å². The molecule has 0 fully saturated rings. The molecule has 0 aliphatic heterocycles. The summed E-state index contributed by atoms with van der Waals surface area (Å²) >= 11 is 1.88. The van der Waals surface area contributed by atoms with Gasteiger partial charge in [-0.2, -0.15) is 11.8 Å². The molecule has 0 amide bonds. The van der Waals surface area contributed by atoms with E-state index in [2.05, 4.69) is 19.2 Å². The maximum atomic E-state index is 13.6.